The molecule has 0 N–H and O–H groups in total. The zero-order valence-corrected chi connectivity index (χ0v) is 13.7. The van der Waals surface area contributed by atoms with Crippen molar-refractivity contribution < 1.29 is 17.9 Å². The Hall–Kier alpha value is -2.08. The molecular formula is C16H19NO4S. The number of benzene rings is 1. The molecule has 1 heterocycles. The van der Waals surface area contributed by atoms with Gasteiger partial charge in [0, 0.05) is 5.39 Å². The molecule has 1 unspecified atom stereocenters. The molecule has 0 aliphatic heterocycles. The third-order valence-corrected chi connectivity index (χ3v) is 5.49. The lowest BCUT2D eigenvalue weighted by molar-refractivity contribution is 0.0518. The van der Waals surface area contributed by atoms with Crippen molar-refractivity contribution in [3.05, 3.63) is 48.2 Å². The van der Waals surface area contributed by atoms with Gasteiger partial charge >= 0.3 is 5.97 Å². The number of fused-ring (bicyclic) bond motifs is 1. The minimum atomic E-state index is -3.78. The van der Waals surface area contributed by atoms with E-state index in [1.54, 1.807) is 19.1 Å². The first kappa shape index (κ1) is 16.3. The average Bonchev–Trinajstić information content (AvgIpc) is 2.85. The maximum absolute atomic E-state index is 12.7. The monoisotopic (exact) mass is 321 g/mol. The van der Waals surface area contributed by atoms with Crippen LogP contribution in [0.1, 0.15) is 29.9 Å². The molecule has 2 aromatic rings. The number of aryl methyl sites for hydroxylation is 1. The van der Waals surface area contributed by atoms with Gasteiger partial charge in [0.25, 0.3) is 0 Å². The molecule has 0 saturated heterocycles. The van der Waals surface area contributed by atoms with Gasteiger partial charge in [0.2, 0.25) is 10.0 Å². The van der Waals surface area contributed by atoms with Gasteiger partial charge in [0.1, 0.15) is 5.69 Å². The lowest BCUT2D eigenvalue weighted by atomic mass is 10.2. The molecule has 1 atom stereocenters. The Kier molecular flexibility index (Phi) is 4.42. The van der Waals surface area contributed by atoms with Crippen LogP contribution in [0.2, 0.25) is 0 Å². The molecule has 5 nitrogen and oxygen atoms in total. The summed E-state index contributed by atoms with van der Waals surface area (Å²) >= 11 is 0. The summed E-state index contributed by atoms with van der Waals surface area (Å²) < 4.78 is 31.5. The highest BCUT2D eigenvalue weighted by molar-refractivity contribution is 7.90. The van der Waals surface area contributed by atoms with Crippen LogP contribution >= 0.6 is 0 Å². The molecule has 2 rings (SSSR count). The van der Waals surface area contributed by atoms with Crippen LogP contribution in [0.3, 0.4) is 0 Å². The van der Waals surface area contributed by atoms with Gasteiger partial charge in [-0.15, -0.1) is 6.58 Å². The maximum atomic E-state index is 12.7. The highest BCUT2D eigenvalue weighted by Gasteiger charge is 2.28. The normalized spacial score (nSPS) is 13.0. The van der Waals surface area contributed by atoms with Crippen LogP contribution in [0.25, 0.3) is 10.9 Å². The summed E-state index contributed by atoms with van der Waals surface area (Å²) in [6, 6.07) is 6.89. The Morgan fingerprint density at radius 3 is 2.68 bits per heavy atom. The number of rotatable bonds is 5. The second kappa shape index (κ2) is 5.96. The van der Waals surface area contributed by atoms with E-state index in [1.165, 1.54) is 13.0 Å². The highest BCUT2D eigenvalue weighted by Crippen LogP contribution is 2.26. The number of aromatic nitrogens is 1. The first-order chi connectivity index (χ1) is 10.3. The third-order valence-electron chi connectivity index (χ3n) is 3.45. The largest absolute Gasteiger partial charge is 0.461 e. The number of carbonyl (C=O) groups excluding carboxylic acids is 1. The lowest BCUT2D eigenvalue weighted by Gasteiger charge is -2.14. The minimum absolute atomic E-state index is 0.0103. The van der Waals surface area contributed by atoms with Gasteiger partial charge in [0.15, 0.2) is 0 Å². The van der Waals surface area contributed by atoms with Crippen LogP contribution in [0, 0.1) is 6.92 Å². The molecule has 0 aliphatic carbocycles. The topological polar surface area (TPSA) is 65.4 Å². The molecule has 0 radical (unpaired) electrons. The second-order valence-corrected chi connectivity index (χ2v) is 7.20. The van der Waals surface area contributed by atoms with Gasteiger partial charge in [-0.2, -0.15) is 0 Å². The summed E-state index contributed by atoms with van der Waals surface area (Å²) in [4.78, 5) is 12.1. The molecule has 0 aliphatic rings. The Morgan fingerprint density at radius 1 is 1.41 bits per heavy atom. The maximum Gasteiger partial charge on any atom is 0.356 e. The smallest absolute Gasteiger partial charge is 0.356 e. The van der Waals surface area contributed by atoms with E-state index in [0.717, 1.165) is 9.54 Å². The number of esters is 1. The van der Waals surface area contributed by atoms with Crippen LogP contribution in [-0.2, 0) is 14.8 Å². The minimum Gasteiger partial charge on any atom is -0.461 e. The molecule has 0 fully saturated rings. The average molecular weight is 321 g/mol. The van der Waals surface area contributed by atoms with Crippen molar-refractivity contribution in [1.29, 1.82) is 0 Å². The van der Waals surface area contributed by atoms with Gasteiger partial charge in [-0.3, -0.25) is 0 Å². The van der Waals surface area contributed by atoms with Gasteiger partial charge in [0.05, 0.1) is 17.4 Å². The van der Waals surface area contributed by atoms with Crippen molar-refractivity contribution in [1.82, 2.24) is 3.97 Å². The van der Waals surface area contributed by atoms with Crippen molar-refractivity contribution in [3.63, 3.8) is 0 Å². The fourth-order valence-corrected chi connectivity index (χ4v) is 3.64. The van der Waals surface area contributed by atoms with Gasteiger partial charge in [-0.25, -0.2) is 17.2 Å². The number of nitrogens with zero attached hydrogens (tertiary/aromatic N) is 1. The SMILES string of the molecule is C=CC(C)S(=O)(=O)n1c(C(=O)OCC)cc2cc(C)ccc21. The molecule has 0 saturated carbocycles. The van der Waals surface area contributed by atoms with Gasteiger partial charge < -0.3 is 4.74 Å². The van der Waals surface area contributed by atoms with E-state index in [-0.39, 0.29) is 12.3 Å². The van der Waals surface area contributed by atoms with Crippen LogP contribution in [0.15, 0.2) is 36.9 Å². The summed E-state index contributed by atoms with van der Waals surface area (Å²) in [5, 5.41) is -0.138. The predicted molar refractivity (Wildman–Crippen MR) is 86.6 cm³/mol. The van der Waals surface area contributed by atoms with E-state index in [4.69, 9.17) is 4.74 Å². The summed E-state index contributed by atoms with van der Waals surface area (Å²) in [6.45, 7) is 8.82. The van der Waals surface area contributed by atoms with E-state index in [9.17, 15) is 13.2 Å². The summed E-state index contributed by atoms with van der Waals surface area (Å²) in [5.41, 5.74) is 1.45. The number of carbonyl (C=O) groups is 1. The molecule has 0 bridgehead atoms. The Morgan fingerprint density at radius 2 is 2.09 bits per heavy atom. The standard InChI is InChI=1S/C16H19NO4S/c1-5-12(4)22(19,20)17-14-8-7-11(3)9-13(14)10-15(17)16(18)21-6-2/h5,7-10,12H,1,6H2,2-4H3. The number of ether oxygens (including phenoxy) is 1. The highest BCUT2D eigenvalue weighted by atomic mass is 32.2. The van der Waals surface area contributed by atoms with E-state index in [0.29, 0.717) is 10.9 Å². The van der Waals surface area contributed by atoms with E-state index in [1.807, 2.05) is 19.1 Å². The first-order valence-electron chi connectivity index (χ1n) is 6.99. The van der Waals surface area contributed by atoms with Crippen molar-refractivity contribution in [3.8, 4) is 0 Å². The predicted octanol–water partition coefficient (Wildman–Crippen LogP) is 2.88. The molecule has 1 aromatic carbocycles. The molecule has 1 aromatic heterocycles. The van der Waals surface area contributed by atoms with E-state index >= 15 is 0 Å². The van der Waals surface area contributed by atoms with Crippen molar-refractivity contribution >= 4 is 26.9 Å². The fraction of sp³-hybridized carbons (Fsp3) is 0.312. The molecule has 0 amide bonds. The van der Waals surface area contributed by atoms with Crippen molar-refractivity contribution in [2.45, 2.75) is 26.0 Å². The lowest BCUT2D eigenvalue weighted by Crippen LogP contribution is -2.26. The zero-order valence-electron chi connectivity index (χ0n) is 12.9. The van der Waals surface area contributed by atoms with E-state index < -0.39 is 21.2 Å². The summed E-state index contributed by atoms with van der Waals surface area (Å²) in [7, 11) is -3.78. The van der Waals surface area contributed by atoms with Crippen molar-refractivity contribution in [2.75, 3.05) is 6.61 Å². The third kappa shape index (κ3) is 2.66. The van der Waals surface area contributed by atoms with Crippen LogP contribution in [-0.4, -0.2) is 30.2 Å². The molecule has 22 heavy (non-hydrogen) atoms. The second-order valence-electron chi connectivity index (χ2n) is 5.06. The molecule has 0 spiro atoms. The molecule has 118 valence electrons. The fourth-order valence-electron chi connectivity index (χ4n) is 2.22. The van der Waals surface area contributed by atoms with Crippen LogP contribution < -0.4 is 0 Å². The Labute approximate surface area is 130 Å². The number of hydrogen-bond acceptors (Lipinski definition) is 4. The summed E-state index contributed by atoms with van der Waals surface area (Å²) in [5.74, 6) is -0.656. The van der Waals surface area contributed by atoms with Crippen molar-refractivity contribution in [2.24, 2.45) is 0 Å². The Bertz CT molecular complexity index is 833. The van der Waals surface area contributed by atoms with Gasteiger partial charge in [-0.05, 0) is 39.0 Å². The number of hydrogen-bond donors (Lipinski definition) is 0. The molecular weight excluding hydrogens is 302 g/mol. The van der Waals surface area contributed by atoms with E-state index in [2.05, 4.69) is 6.58 Å². The summed E-state index contributed by atoms with van der Waals surface area (Å²) in [6.07, 6.45) is 1.34. The zero-order chi connectivity index (χ0) is 16.5. The first-order valence-corrected chi connectivity index (χ1v) is 8.49. The molecule has 6 heteroatoms. The quantitative estimate of drug-likeness (QED) is 0.627. The van der Waals surface area contributed by atoms with Crippen LogP contribution in [0.4, 0.5) is 0 Å². The van der Waals surface area contributed by atoms with Crippen LogP contribution in [0.5, 0.6) is 0 Å². The van der Waals surface area contributed by atoms with Gasteiger partial charge in [-0.1, -0.05) is 17.7 Å². The Balaban J connectivity index is 2.81.